The molecule has 0 heteroatoms. The Morgan fingerprint density at radius 1 is 0.733 bits per heavy atom. The molecule has 15 heavy (non-hydrogen) atoms. The zero-order valence-electron chi connectivity index (χ0n) is 10.4. The average Bonchev–Trinajstić information content (AvgIpc) is 2.26. The van der Waals surface area contributed by atoms with Gasteiger partial charge in [-0.3, -0.25) is 0 Å². The van der Waals surface area contributed by atoms with E-state index in [0.29, 0.717) is 0 Å². The van der Waals surface area contributed by atoms with Crippen LogP contribution in [0.2, 0.25) is 0 Å². The molecule has 0 rings (SSSR count). The molecule has 0 aliphatic rings. The maximum absolute atomic E-state index is 3.83. The van der Waals surface area contributed by atoms with Gasteiger partial charge in [0.05, 0.1) is 0 Å². The van der Waals surface area contributed by atoms with E-state index in [1.807, 2.05) is 0 Å². The van der Waals surface area contributed by atoms with Crippen molar-refractivity contribution in [1.29, 1.82) is 0 Å². The van der Waals surface area contributed by atoms with Gasteiger partial charge < -0.3 is 0 Å². The van der Waals surface area contributed by atoms with E-state index in [0.717, 1.165) is 6.42 Å². The van der Waals surface area contributed by atoms with E-state index in [4.69, 9.17) is 0 Å². The molecule has 87 valence electrons. The topological polar surface area (TPSA) is 0 Å². The number of unbranched alkanes of at least 4 members (excludes halogenated alkanes) is 6. The van der Waals surface area contributed by atoms with Gasteiger partial charge in [-0.15, -0.1) is 0 Å². The van der Waals surface area contributed by atoms with E-state index in [9.17, 15) is 0 Å². The summed E-state index contributed by atoms with van der Waals surface area (Å²) in [5, 5.41) is 0. The summed E-state index contributed by atoms with van der Waals surface area (Å²) in [5.74, 6) is 0. The molecule has 0 aromatic heterocycles. The van der Waals surface area contributed by atoms with Gasteiger partial charge in [0, 0.05) is 0 Å². The second-order valence-electron chi connectivity index (χ2n) is 4.01. The minimum absolute atomic E-state index is 1.06. The molecule has 0 aliphatic heterocycles. The molecule has 0 saturated carbocycles. The summed E-state index contributed by atoms with van der Waals surface area (Å²) in [6, 6.07) is 0. The van der Waals surface area contributed by atoms with Gasteiger partial charge in [-0.05, 0) is 38.5 Å². The minimum Gasteiger partial charge on any atom is -0.0885 e. The van der Waals surface area contributed by atoms with Crippen molar-refractivity contribution in [3.05, 3.63) is 31.2 Å². The van der Waals surface area contributed by atoms with Gasteiger partial charge in [0.1, 0.15) is 0 Å². The van der Waals surface area contributed by atoms with Crippen molar-refractivity contribution in [2.45, 2.75) is 64.7 Å². The van der Waals surface area contributed by atoms with Crippen LogP contribution in [0.4, 0.5) is 0 Å². The Balaban J connectivity index is 3.10. The predicted octanol–water partition coefficient (Wildman–Crippen LogP) is 5.46. The Bertz CT molecular complexity index is 135. The van der Waals surface area contributed by atoms with Crippen LogP contribution in [0.5, 0.6) is 0 Å². The molecule has 0 fully saturated rings. The van der Waals surface area contributed by atoms with Crippen molar-refractivity contribution < 1.29 is 0 Å². The minimum atomic E-state index is 1.06. The lowest BCUT2D eigenvalue weighted by atomic mass is 10.1. The number of allylic oxidation sites excluding steroid dienone is 4. The first-order valence-corrected chi connectivity index (χ1v) is 6.51. The summed E-state index contributed by atoms with van der Waals surface area (Å²) in [5.41, 5.74) is 0. The van der Waals surface area contributed by atoms with Gasteiger partial charge in [0.15, 0.2) is 0 Å². The summed E-state index contributed by atoms with van der Waals surface area (Å²) in [6.45, 7) is 6.07. The standard InChI is InChI=1S/C15H27/c1-3-5-7-9-11-13-15-14-12-10-8-6-4-2/h9-12H,1,3-8,13-15H2,2H3. The molecule has 0 aliphatic carbocycles. The van der Waals surface area contributed by atoms with Gasteiger partial charge in [-0.2, -0.15) is 0 Å². The third kappa shape index (κ3) is 13.5. The van der Waals surface area contributed by atoms with E-state index in [1.54, 1.807) is 0 Å². The first-order valence-electron chi connectivity index (χ1n) is 6.51. The van der Waals surface area contributed by atoms with Gasteiger partial charge in [-0.25, -0.2) is 0 Å². The number of rotatable bonds is 10. The van der Waals surface area contributed by atoms with Crippen molar-refractivity contribution in [3.8, 4) is 0 Å². The highest BCUT2D eigenvalue weighted by molar-refractivity contribution is 4.85. The van der Waals surface area contributed by atoms with Crippen LogP contribution in [0.25, 0.3) is 0 Å². The lowest BCUT2D eigenvalue weighted by Crippen LogP contribution is -1.72. The molecule has 1 radical (unpaired) electrons. The van der Waals surface area contributed by atoms with E-state index in [1.165, 1.54) is 51.4 Å². The maximum atomic E-state index is 3.83. The molecule has 0 aromatic rings. The first kappa shape index (κ1) is 14.5. The van der Waals surface area contributed by atoms with Crippen LogP contribution in [0.3, 0.4) is 0 Å². The molecule has 0 saturated heterocycles. The number of hydrogen-bond donors (Lipinski definition) is 0. The largest absolute Gasteiger partial charge is 0.0885 e. The second kappa shape index (κ2) is 13.5. The molecule has 0 nitrogen and oxygen atoms in total. The van der Waals surface area contributed by atoms with Crippen LogP contribution in [0.1, 0.15) is 64.7 Å². The molecule has 0 heterocycles. The normalized spacial score (nSPS) is 11.9. The van der Waals surface area contributed by atoms with E-state index < -0.39 is 0 Å². The van der Waals surface area contributed by atoms with Crippen molar-refractivity contribution in [1.82, 2.24) is 0 Å². The second-order valence-corrected chi connectivity index (χ2v) is 4.01. The van der Waals surface area contributed by atoms with Crippen LogP contribution in [-0.4, -0.2) is 0 Å². The Morgan fingerprint density at radius 2 is 1.20 bits per heavy atom. The van der Waals surface area contributed by atoms with Crippen LogP contribution in [0.15, 0.2) is 24.3 Å². The highest BCUT2D eigenvalue weighted by atomic mass is 13.9. The van der Waals surface area contributed by atoms with Crippen LogP contribution < -0.4 is 0 Å². The molecule has 0 aromatic carbocycles. The Kier molecular flexibility index (Phi) is 13.0. The van der Waals surface area contributed by atoms with Crippen molar-refractivity contribution >= 4 is 0 Å². The summed E-state index contributed by atoms with van der Waals surface area (Å²) < 4.78 is 0. The first-order chi connectivity index (χ1) is 7.41. The predicted molar refractivity (Wildman–Crippen MR) is 70.9 cm³/mol. The van der Waals surface area contributed by atoms with Crippen molar-refractivity contribution in [2.24, 2.45) is 0 Å². The van der Waals surface area contributed by atoms with E-state index in [-0.39, 0.29) is 0 Å². The summed E-state index contributed by atoms with van der Waals surface area (Å²) in [7, 11) is 0. The van der Waals surface area contributed by atoms with Crippen LogP contribution in [0, 0.1) is 6.92 Å². The summed E-state index contributed by atoms with van der Waals surface area (Å²) in [6.07, 6.45) is 20.4. The third-order valence-corrected chi connectivity index (χ3v) is 2.42. The van der Waals surface area contributed by atoms with Gasteiger partial charge >= 0.3 is 0 Å². The Labute approximate surface area is 96.5 Å². The zero-order chi connectivity index (χ0) is 11.2. The molecular formula is C15H27. The summed E-state index contributed by atoms with van der Waals surface area (Å²) in [4.78, 5) is 0. The third-order valence-electron chi connectivity index (χ3n) is 2.42. The highest BCUT2D eigenvalue weighted by Gasteiger charge is 1.82. The van der Waals surface area contributed by atoms with Gasteiger partial charge in [0.2, 0.25) is 0 Å². The maximum Gasteiger partial charge on any atom is -0.0348 e. The van der Waals surface area contributed by atoms with Crippen LogP contribution >= 0.6 is 0 Å². The quantitative estimate of drug-likeness (QED) is 0.329. The van der Waals surface area contributed by atoms with E-state index in [2.05, 4.69) is 38.2 Å². The SMILES string of the molecule is [CH2]CCCC=CCCCC=CCCCC. The smallest absolute Gasteiger partial charge is 0.0348 e. The summed E-state index contributed by atoms with van der Waals surface area (Å²) >= 11 is 0. The lowest BCUT2D eigenvalue weighted by Gasteiger charge is -1.92. The van der Waals surface area contributed by atoms with Gasteiger partial charge in [-0.1, -0.05) is 57.4 Å². The van der Waals surface area contributed by atoms with Crippen LogP contribution in [-0.2, 0) is 0 Å². The molecule has 0 atom stereocenters. The molecule has 0 amide bonds. The van der Waals surface area contributed by atoms with Crippen molar-refractivity contribution in [3.63, 3.8) is 0 Å². The molecule has 0 spiro atoms. The molecular weight excluding hydrogens is 180 g/mol. The fourth-order valence-corrected chi connectivity index (χ4v) is 1.41. The number of hydrogen-bond acceptors (Lipinski definition) is 0. The van der Waals surface area contributed by atoms with Gasteiger partial charge in [0.25, 0.3) is 0 Å². The zero-order valence-corrected chi connectivity index (χ0v) is 10.4. The lowest BCUT2D eigenvalue weighted by molar-refractivity contribution is 0.804. The van der Waals surface area contributed by atoms with Crippen molar-refractivity contribution in [2.75, 3.05) is 0 Å². The Morgan fingerprint density at radius 3 is 1.67 bits per heavy atom. The molecule has 0 bridgehead atoms. The Hall–Kier alpha value is -0.520. The fraction of sp³-hybridized carbons (Fsp3) is 0.667. The monoisotopic (exact) mass is 207 g/mol. The fourth-order valence-electron chi connectivity index (χ4n) is 1.41. The van der Waals surface area contributed by atoms with E-state index >= 15 is 0 Å². The molecule has 0 unspecified atom stereocenters. The highest BCUT2D eigenvalue weighted by Crippen LogP contribution is 2.02. The molecule has 0 N–H and O–H groups in total. The average molecular weight is 207 g/mol.